The van der Waals surface area contributed by atoms with Crippen molar-refractivity contribution in [2.24, 2.45) is 0 Å². The highest BCUT2D eigenvalue weighted by atomic mass is 19.4. The lowest BCUT2D eigenvalue weighted by Gasteiger charge is -2.13. The summed E-state index contributed by atoms with van der Waals surface area (Å²) in [6, 6.07) is 2.73. The summed E-state index contributed by atoms with van der Waals surface area (Å²) in [6.07, 6.45) is -4.95. The van der Waals surface area contributed by atoms with Crippen molar-refractivity contribution in [2.75, 3.05) is 7.11 Å². The van der Waals surface area contributed by atoms with Gasteiger partial charge in [0.05, 0.1) is 7.11 Å². The van der Waals surface area contributed by atoms with Gasteiger partial charge in [-0.05, 0) is 12.1 Å². The molecule has 0 atom stereocenters. The van der Waals surface area contributed by atoms with E-state index in [9.17, 15) is 22.0 Å². The van der Waals surface area contributed by atoms with E-state index in [4.69, 9.17) is 0 Å². The monoisotopic (exact) mass is 258 g/mol. The molecule has 1 aromatic rings. The van der Waals surface area contributed by atoms with E-state index < -0.39 is 24.5 Å². The van der Waals surface area contributed by atoms with Crippen LogP contribution >= 0.6 is 0 Å². The molecule has 0 radical (unpaired) electrons. The second kappa shape index (κ2) is 5.07. The lowest BCUT2D eigenvalue weighted by Crippen LogP contribution is -2.17. The molecule has 0 heterocycles. The summed E-state index contributed by atoms with van der Waals surface area (Å²) in [4.78, 5) is 0. The van der Waals surface area contributed by atoms with Crippen LogP contribution in [-0.4, -0.2) is 20.1 Å². The predicted octanol–water partition coefficient (Wildman–Crippen LogP) is 3.20. The maximum Gasteiger partial charge on any atom is 0.573 e. The summed E-state index contributed by atoms with van der Waals surface area (Å²) < 4.78 is 71.8. The summed E-state index contributed by atoms with van der Waals surface area (Å²) in [5.41, 5.74) is 0. The van der Waals surface area contributed by atoms with Crippen LogP contribution in [0.1, 0.15) is 0 Å². The van der Waals surface area contributed by atoms with Gasteiger partial charge in [0.15, 0.2) is 11.5 Å². The molecule has 0 N–H and O–H groups in total. The average molecular weight is 258 g/mol. The van der Waals surface area contributed by atoms with Crippen molar-refractivity contribution >= 4 is 0 Å². The van der Waals surface area contributed by atoms with Gasteiger partial charge < -0.3 is 14.2 Å². The van der Waals surface area contributed by atoms with Crippen LogP contribution in [0, 0.1) is 0 Å². The van der Waals surface area contributed by atoms with Gasteiger partial charge in [-0.1, -0.05) is 0 Å². The van der Waals surface area contributed by atoms with E-state index in [1.807, 2.05) is 0 Å². The molecule has 0 unspecified atom stereocenters. The Hall–Kier alpha value is -1.73. The maximum atomic E-state index is 12.0. The van der Waals surface area contributed by atoms with Gasteiger partial charge >= 0.3 is 13.0 Å². The zero-order chi connectivity index (χ0) is 13.1. The quantitative estimate of drug-likeness (QED) is 0.776. The summed E-state index contributed by atoms with van der Waals surface area (Å²) in [6.45, 7) is -3.14. The fraction of sp³-hybridized carbons (Fsp3) is 0.333. The van der Waals surface area contributed by atoms with Gasteiger partial charge in [0.25, 0.3) is 0 Å². The number of rotatable bonds is 4. The van der Waals surface area contributed by atoms with Crippen molar-refractivity contribution in [3.63, 3.8) is 0 Å². The van der Waals surface area contributed by atoms with Gasteiger partial charge in [-0.15, -0.1) is 13.2 Å². The molecule has 1 rings (SSSR count). The Balaban J connectivity index is 2.98. The molecule has 0 fully saturated rings. The van der Waals surface area contributed by atoms with Crippen molar-refractivity contribution in [2.45, 2.75) is 13.0 Å². The lowest BCUT2D eigenvalue weighted by molar-refractivity contribution is -0.275. The number of hydrogen-bond donors (Lipinski definition) is 0. The number of hydrogen-bond acceptors (Lipinski definition) is 3. The first kappa shape index (κ1) is 13.3. The fourth-order valence-electron chi connectivity index (χ4n) is 1.04. The van der Waals surface area contributed by atoms with Crippen LogP contribution in [-0.2, 0) is 0 Å². The van der Waals surface area contributed by atoms with Crippen LogP contribution in [0.4, 0.5) is 22.0 Å². The summed E-state index contributed by atoms with van der Waals surface area (Å²) in [5, 5.41) is 0. The fourth-order valence-corrected chi connectivity index (χ4v) is 1.04. The topological polar surface area (TPSA) is 27.7 Å². The number of methoxy groups -OCH3 is 1. The summed E-state index contributed by atoms with van der Waals surface area (Å²) in [7, 11) is 1.12. The first-order chi connectivity index (χ1) is 7.81. The van der Waals surface area contributed by atoms with Crippen LogP contribution in [0.3, 0.4) is 0 Å². The third-order valence-electron chi connectivity index (χ3n) is 1.59. The average Bonchev–Trinajstić information content (AvgIpc) is 2.14. The predicted molar refractivity (Wildman–Crippen MR) is 46.3 cm³/mol. The highest BCUT2D eigenvalue weighted by Crippen LogP contribution is 2.35. The second-order valence-corrected chi connectivity index (χ2v) is 2.74. The Kier molecular flexibility index (Phi) is 3.97. The molecule has 17 heavy (non-hydrogen) atoms. The van der Waals surface area contributed by atoms with Gasteiger partial charge in [0.2, 0.25) is 0 Å². The molecule has 0 saturated heterocycles. The molecule has 0 saturated carbocycles. The number of halogens is 5. The first-order valence-electron chi connectivity index (χ1n) is 4.20. The molecule has 0 spiro atoms. The molecule has 96 valence electrons. The molecule has 0 aliphatic carbocycles. The second-order valence-electron chi connectivity index (χ2n) is 2.74. The van der Waals surface area contributed by atoms with E-state index in [0.717, 1.165) is 19.2 Å². The van der Waals surface area contributed by atoms with Crippen LogP contribution in [0.15, 0.2) is 18.2 Å². The van der Waals surface area contributed by atoms with Crippen LogP contribution in [0.5, 0.6) is 17.2 Å². The minimum atomic E-state index is -4.95. The molecule has 0 aliphatic rings. The highest BCUT2D eigenvalue weighted by molar-refractivity contribution is 5.45. The number of benzene rings is 1. The van der Waals surface area contributed by atoms with E-state index in [0.29, 0.717) is 6.07 Å². The molecule has 0 aromatic heterocycles. The van der Waals surface area contributed by atoms with Crippen LogP contribution < -0.4 is 14.2 Å². The smallest absolute Gasteiger partial charge is 0.493 e. The Morgan fingerprint density at radius 3 is 2.24 bits per heavy atom. The Morgan fingerprint density at radius 1 is 1.12 bits per heavy atom. The third-order valence-corrected chi connectivity index (χ3v) is 1.59. The lowest BCUT2D eigenvalue weighted by atomic mass is 10.3. The van der Waals surface area contributed by atoms with Crippen LogP contribution in [0.2, 0.25) is 0 Å². The van der Waals surface area contributed by atoms with E-state index in [2.05, 4.69) is 14.2 Å². The summed E-state index contributed by atoms with van der Waals surface area (Å²) in [5.74, 6) is -1.46. The van der Waals surface area contributed by atoms with E-state index in [1.165, 1.54) is 0 Å². The van der Waals surface area contributed by atoms with Crippen LogP contribution in [0.25, 0.3) is 0 Å². The van der Waals surface area contributed by atoms with Crippen molar-refractivity contribution in [1.82, 2.24) is 0 Å². The van der Waals surface area contributed by atoms with Gasteiger partial charge in [-0.25, -0.2) is 0 Å². The molecule has 0 amide bonds. The first-order valence-corrected chi connectivity index (χ1v) is 4.20. The summed E-state index contributed by atoms with van der Waals surface area (Å²) >= 11 is 0. The van der Waals surface area contributed by atoms with Crippen molar-refractivity contribution in [3.05, 3.63) is 18.2 Å². The largest absolute Gasteiger partial charge is 0.573 e. The van der Waals surface area contributed by atoms with Crippen molar-refractivity contribution < 1.29 is 36.2 Å². The van der Waals surface area contributed by atoms with E-state index in [1.54, 1.807) is 0 Å². The minimum Gasteiger partial charge on any atom is -0.493 e. The molecular weight excluding hydrogens is 251 g/mol. The molecule has 3 nitrogen and oxygen atoms in total. The third kappa shape index (κ3) is 4.33. The zero-order valence-electron chi connectivity index (χ0n) is 8.42. The van der Waals surface area contributed by atoms with Gasteiger partial charge in [-0.3, -0.25) is 0 Å². The number of ether oxygens (including phenoxy) is 3. The van der Waals surface area contributed by atoms with Gasteiger partial charge in [0, 0.05) is 6.07 Å². The zero-order valence-corrected chi connectivity index (χ0v) is 8.42. The molecule has 1 aromatic carbocycles. The Morgan fingerprint density at radius 2 is 1.76 bits per heavy atom. The highest BCUT2D eigenvalue weighted by Gasteiger charge is 2.32. The molecule has 8 heteroatoms. The van der Waals surface area contributed by atoms with Gasteiger partial charge in [0.1, 0.15) is 5.75 Å². The molecule has 0 aliphatic heterocycles. The number of alkyl halides is 5. The van der Waals surface area contributed by atoms with Crippen molar-refractivity contribution in [3.8, 4) is 17.2 Å². The standard InChI is InChI=1S/C9H7F5O3/c1-15-6-3-2-5(16-8(10)11)4-7(6)17-9(12,13)14/h2-4,8H,1H3. The molecule has 0 bridgehead atoms. The Labute approximate surface area is 92.7 Å². The van der Waals surface area contributed by atoms with Crippen molar-refractivity contribution in [1.29, 1.82) is 0 Å². The minimum absolute atomic E-state index is 0.246. The maximum absolute atomic E-state index is 12.0. The Bertz CT molecular complexity index is 377. The van der Waals surface area contributed by atoms with E-state index in [-0.39, 0.29) is 5.75 Å². The SMILES string of the molecule is COc1ccc(OC(F)F)cc1OC(F)(F)F. The van der Waals surface area contributed by atoms with E-state index >= 15 is 0 Å². The van der Waals surface area contributed by atoms with Gasteiger partial charge in [-0.2, -0.15) is 8.78 Å². The molecular formula is C9H7F5O3. The normalized spacial score (nSPS) is 11.5.